The van der Waals surface area contributed by atoms with Crippen molar-refractivity contribution >= 4 is 30.0 Å². The van der Waals surface area contributed by atoms with E-state index < -0.39 is 0 Å². The number of carbonyl (C=O) groups is 2. The summed E-state index contributed by atoms with van der Waals surface area (Å²) in [4.78, 5) is 25.6. The maximum absolute atomic E-state index is 12.1. The van der Waals surface area contributed by atoms with Gasteiger partial charge in [-0.1, -0.05) is 30.3 Å². The smallest absolute Gasteiger partial charge is 0.317 e. The first-order valence-corrected chi connectivity index (χ1v) is 8.84. The number of nitrogens with zero attached hydrogens (tertiary/aromatic N) is 1. The molecule has 0 spiro atoms. The first-order valence-electron chi connectivity index (χ1n) is 8.84. The van der Waals surface area contributed by atoms with Crippen LogP contribution < -0.4 is 21.1 Å². The molecule has 0 aromatic heterocycles. The Kier molecular flexibility index (Phi) is 10.5. The number of nitrogens with one attached hydrogen (secondary N) is 2. The van der Waals surface area contributed by atoms with Gasteiger partial charge in [-0.25, -0.2) is 4.79 Å². The molecule has 7 nitrogen and oxygen atoms in total. The Balaban J connectivity index is 0.00000392. The molecule has 0 radical (unpaired) electrons. The van der Waals surface area contributed by atoms with Crippen LogP contribution in [0.4, 0.5) is 10.5 Å². The number of nitrogens with two attached hydrogens (primary N) is 1. The van der Waals surface area contributed by atoms with Gasteiger partial charge in [0.15, 0.2) is 0 Å². The molecule has 0 aliphatic rings. The fourth-order valence-corrected chi connectivity index (χ4v) is 2.38. The van der Waals surface area contributed by atoms with E-state index in [-0.39, 0.29) is 37.3 Å². The predicted octanol–water partition coefficient (Wildman–Crippen LogP) is 2.62. The number of urea groups is 1. The third-order valence-corrected chi connectivity index (χ3v) is 3.76. The first kappa shape index (κ1) is 23.3. The van der Waals surface area contributed by atoms with Gasteiger partial charge in [0.25, 0.3) is 0 Å². The highest BCUT2D eigenvalue weighted by Gasteiger charge is 2.09. The largest absolute Gasteiger partial charge is 0.492 e. The number of hydrogen-bond donors (Lipinski definition) is 3. The van der Waals surface area contributed by atoms with Gasteiger partial charge in [0, 0.05) is 38.8 Å². The number of ether oxygens (including phenoxy) is 1. The van der Waals surface area contributed by atoms with Crippen molar-refractivity contribution in [3.63, 3.8) is 0 Å². The Morgan fingerprint density at radius 1 is 1.07 bits per heavy atom. The molecule has 8 heteroatoms. The van der Waals surface area contributed by atoms with Gasteiger partial charge in [0.05, 0.1) is 0 Å². The molecule has 0 atom stereocenters. The number of anilines is 1. The lowest BCUT2D eigenvalue weighted by Crippen LogP contribution is -2.38. The van der Waals surface area contributed by atoms with Crippen molar-refractivity contribution < 1.29 is 14.3 Å². The van der Waals surface area contributed by atoms with Crippen molar-refractivity contribution in [1.82, 2.24) is 10.2 Å². The van der Waals surface area contributed by atoms with Crippen LogP contribution in [0.1, 0.15) is 12.0 Å². The van der Waals surface area contributed by atoms with Crippen LogP contribution in [0.5, 0.6) is 5.75 Å². The monoisotopic (exact) mass is 406 g/mol. The zero-order chi connectivity index (χ0) is 19.5. The van der Waals surface area contributed by atoms with E-state index in [1.165, 1.54) is 0 Å². The van der Waals surface area contributed by atoms with Crippen molar-refractivity contribution in [3.05, 3.63) is 60.2 Å². The normalized spacial score (nSPS) is 9.79. The topological polar surface area (TPSA) is 96.7 Å². The van der Waals surface area contributed by atoms with Gasteiger partial charge in [-0.05, 0) is 29.8 Å². The molecule has 2 rings (SSSR count). The zero-order valence-electron chi connectivity index (χ0n) is 15.9. The van der Waals surface area contributed by atoms with Gasteiger partial charge in [0.2, 0.25) is 5.91 Å². The van der Waals surface area contributed by atoms with E-state index in [9.17, 15) is 9.59 Å². The Labute approximate surface area is 171 Å². The molecule has 0 saturated heterocycles. The molecule has 0 fully saturated rings. The minimum atomic E-state index is -0.215. The van der Waals surface area contributed by atoms with Crippen molar-refractivity contribution in [2.24, 2.45) is 5.73 Å². The van der Waals surface area contributed by atoms with Crippen LogP contribution in [0, 0.1) is 0 Å². The highest BCUT2D eigenvalue weighted by molar-refractivity contribution is 5.91. The molecule has 2 aromatic rings. The lowest BCUT2D eigenvalue weighted by molar-refractivity contribution is -0.116. The summed E-state index contributed by atoms with van der Waals surface area (Å²) in [7, 11) is 1.72. The second-order valence-corrected chi connectivity index (χ2v) is 6.03. The molecule has 28 heavy (non-hydrogen) atoms. The van der Waals surface area contributed by atoms with E-state index in [2.05, 4.69) is 10.6 Å². The second-order valence-electron chi connectivity index (χ2n) is 6.03. The van der Waals surface area contributed by atoms with Crippen molar-refractivity contribution in [2.45, 2.75) is 13.0 Å². The van der Waals surface area contributed by atoms with Crippen LogP contribution in [0.15, 0.2) is 54.6 Å². The maximum atomic E-state index is 12.1. The minimum absolute atomic E-state index is 0. The van der Waals surface area contributed by atoms with Crippen molar-refractivity contribution in [2.75, 3.05) is 32.1 Å². The van der Waals surface area contributed by atoms with Crippen LogP contribution in [-0.4, -0.2) is 43.6 Å². The summed E-state index contributed by atoms with van der Waals surface area (Å²) < 4.78 is 5.38. The van der Waals surface area contributed by atoms with Crippen LogP contribution in [0.25, 0.3) is 0 Å². The molecule has 0 aliphatic carbocycles. The molecule has 0 saturated carbocycles. The van der Waals surface area contributed by atoms with Crippen LogP contribution in [0.3, 0.4) is 0 Å². The highest BCUT2D eigenvalue weighted by Crippen LogP contribution is 2.15. The van der Waals surface area contributed by atoms with Gasteiger partial charge in [-0.3, -0.25) is 4.79 Å². The molecule has 3 amide bonds. The van der Waals surface area contributed by atoms with Gasteiger partial charge in [0.1, 0.15) is 12.4 Å². The van der Waals surface area contributed by atoms with Crippen LogP contribution >= 0.6 is 12.4 Å². The third kappa shape index (κ3) is 8.28. The highest BCUT2D eigenvalue weighted by atomic mass is 35.5. The molecule has 0 unspecified atom stereocenters. The molecule has 0 bridgehead atoms. The van der Waals surface area contributed by atoms with Gasteiger partial charge < -0.3 is 26.0 Å². The number of rotatable bonds is 9. The Morgan fingerprint density at radius 3 is 2.39 bits per heavy atom. The number of halogens is 1. The quantitative estimate of drug-likeness (QED) is 0.596. The fourth-order valence-electron chi connectivity index (χ4n) is 2.38. The molecule has 2 aromatic carbocycles. The molecule has 0 heterocycles. The molecule has 152 valence electrons. The minimum Gasteiger partial charge on any atom is -0.492 e. The second kappa shape index (κ2) is 12.6. The Morgan fingerprint density at radius 2 is 1.75 bits per heavy atom. The number of hydrogen-bond acceptors (Lipinski definition) is 4. The Bertz CT molecular complexity index is 726. The number of carbonyl (C=O) groups excluding carboxylic acids is 2. The number of benzene rings is 2. The maximum Gasteiger partial charge on any atom is 0.317 e. The van der Waals surface area contributed by atoms with E-state index in [1.54, 1.807) is 36.2 Å². The summed E-state index contributed by atoms with van der Waals surface area (Å²) >= 11 is 0. The lowest BCUT2D eigenvalue weighted by atomic mass is 10.2. The Hall–Kier alpha value is -2.77. The predicted molar refractivity (Wildman–Crippen MR) is 113 cm³/mol. The summed E-state index contributed by atoms with van der Waals surface area (Å²) in [5.41, 5.74) is 7.10. The van der Waals surface area contributed by atoms with E-state index >= 15 is 0 Å². The lowest BCUT2D eigenvalue weighted by Gasteiger charge is -2.18. The fraction of sp³-hybridized carbons (Fsp3) is 0.300. The van der Waals surface area contributed by atoms with E-state index in [4.69, 9.17) is 10.5 Å². The summed E-state index contributed by atoms with van der Waals surface area (Å²) in [5.74, 6) is 0.531. The molecule has 4 N–H and O–H groups in total. The third-order valence-electron chi connectivity index (χ3n) is 3.76. The molecular formula is C20H27ClN4O3. The molecular weight excluding hydrogens is 380 g/mol. The van der Waals surface area contributed by atoms with Crippen molar-refractivity contribution in [3.8, 4) is 5.75 Å². The van der Waals surface area contributed by atoms with Gasteiger partial charge in [-0.15, -0.1) is 12.4 Å². The van der Waals surface area contributed by atoms with Crippen molar-refractivity contribution in [1.29, 1.82) is 0 Å². The number of amides is 3. The molecule has 0 aliphatic heterocycles. The van der Waals surface area contributed by atoms with Crippen LogP contribution in [0.2, 0.25) is 0 Å². The SMILES string of the molecule is CN(Cc1ccccc1)C(=O)NCCC(=O)Nc1ccc(OCCN)cc1.Cl. The van der Waals surface area contributed by atoms with E-state index in [0.29, 0.717) is 31.1 Å². The average Bonchev–Trinajstić information content (AvgIpc) is 2.68. The van der Waals surface area contributed by atoms with E-state index in [1.807, 2.05) is 30.3 Å². The first-order chi connectivity index (χ1) is 13.1. The summed E-state index contributed by atoms with van der Waals surface area (Å²) in [6, 6.07) is 16.6. The van der Waals surface area contributed by atoms with Crippen LogP contribution in [-0.2, 0) is 11.3 Å². The summed E-state index contributed by atoms with van der Waals surface area (Å²) in [6.45, 7) is 1.67. The van der Waals surface area contributed by atoms with Gasteiger partial charge >= 0.3 is 6.03 Å². The average molecular weight is 407 g/mol. The summed E-state index contributed by atoms with van der Waals surface area (Å²) in [6.07, 6.45) is 0.191. The van der Waals surface area contributed by atoms with E-state index in [0.717, 1.165) is 5.56 Å². The zero-order valence-corrected chi connectivity index (χ0v) is 16.7. The van der Waals surface area contributed by atoms with Gasteiger partial charge in [-0.2, -0.15) is 0 Å². The summed E-state index contributed by atoms with van der Waals surface area (Å²) in [5, 5.41) is 5.53. The standard InChI is InChI=1S/C20H26N4O3.ClH/c1-24(15-16-5-3-2-4-6-16)20(26)22-13-11-19(25)23-17-7-9-18(10-8-17)27-14-12-21;/h2-10H,11-15,21H2,1H3,(H,22,26)(H,23,25);1H.